The zero-order chi connectivity index (χ0) is 19.1. The van der Waals surface area contributed by atoms with E-state index in [0.29, 0.717) is 28.4 Å². The molecular weight excluding hydrogens is 360 g/mol. The molecule has 0 aliphatic rings. The maximum absolute atomic E-state index is 12.0. The van der Waals surface area contributed by atoms with Gasteiger partial charge in [-0.25, -0.2) is 4.98 Å². The van der Waals surface area contributed by atoms with Crippen LogP contribution in [0.2, 0.25) is 0 Å². The molecule has 0 spiro atoms. The van der Waals surface area contributed by atoms with Crippen molar-refractivity contribution in [2.45, 2.75) is 19.4 Å². The first-order valence-electron chi connectivity index (χ1n) is 8.50. The van der Waals surface area contributed by atoms with Gasteiger partial charge in [0.25, 0.3) is 0 Å². The summed E-state index contributed by atoms with van der Waals surface area (Å²) in [5, 5.41) is 3.47. The third-order valence-electron chi connectivity index (χ3n) is 3.92. The molecule has 137 valence electrons. The lowest BCUT2D eigenvalue weighted by Gasteiger charge is -2.03. The van der Waals surface area contributed by atoms with E-state index < -0.39 is 5.91 Å². The van der Waals surface area contributed by atoms with Crippen LogP contribution in [-0.4, -0.2) is 21.2 Å². The van der Waals surface area contributed by atoms with E-state index in [9.17, 15) is 9.59 Å². The Labute approximate surface area is 161 Å². The van der Waals surface area contributed by atoms with E-state index in [4.69, 9.17) is 5.73 Å². The average Bonchev–Trinajstić information content (AvgIpc) is 3.16. The van der Waals surface area contributed by atoms with Gasteiger partial charge in [0.2, 0.25) is 11.8 Å². The van der Waals surface area contributed by atoms with Gasteiger partial charge in [-0.3, -0.25) is 9.59 Å². The minimum atomic E-state index is -0.525. The molecule has 6 nitrogen and oxygen atoms in total. The van der Waals surface area contributed by atoms with Gasteiger partial charge in [0.05, 0.1) is 12.1 Å². The topological polar surface area (TPSA) is 98.0 Å². The van der Waals surface area contributed by atoms with Crippen molar-refractivity contribution in [3.8, 4) is 11.4 Å². The van der Waals surface area contributed by atoms with Crippen LogP contribution in [0.4, 0.5) is 0 Å². The summed E-state index contributed by atoms with van der Waals surface area (Å²) in [7, 11) is 0. The number of aromatic nitrogens is 2. The number of carbonyl (C=O) groups excluding carboxylic acids is 2. The molecule has 0 saturated carbocycles. The molecule has 1 radical (unpaired) electrons. The summed E-state index contributed by atoms with van der Waals surface area (Å²) in [5.41, 5.74) is 7.56. The van der Waals surface area contributed by atoms with Crippen molar-refractivity contribution in [3.63, 3.8) is 0 Å². The molecule has 0 unspecified atom stereocenters. The smallest absolute Gasteiger partial charge is 0.249 e. The number of nitrogens with two attached hydrogens (primary N) is 1. The van der Waals surface area contributed by atoms with Crippen molar-refractivity contribution < 1.29 is 9.59 Å². The first kappa shape index (κ1) is 18.7. The highest BCUT2D eigenvalue weighted by atomic mass is 32.1. The number of primary amides is 1. The maximum atomic E-state index is 12.0. The van der Waals surface area contributed by atoms with Crippen molar-refractivity contribution in [1.82, 2.24) is 14.7 Å². The minimum Gasteiger partial charge on any atom is -0.366 e. The molecule has 3 rings (SSSR count). The second-order valence-corrected chi connectivity index (χ2v) is 6.70. The number of benzene rings is 2. The lowest BCUT2D eigenvalue weighted by molar-refractivity contribution is -0.118. The Morgan fingerprint density at radius 2 is 1.81 bits per heavy atom. The van der Waals surface area contributed by atoms with Crippen LogP contribution in [0.3, 0.4) is 0 Å². The molecule has 0 fully saturated rings. The molecular formula is C20H19N4O2S. The van der Waals surface area contributed by atoms with Gasteiger partial charge in [-0.1, -0.05) is 48.5 Å². The number of rotatable bonds is 8. The Morgan fingerprint density at radius 3 is 2.59 bits per heavy atom. The number of amides is 2. The van der Waals surface area contributed by atoms with Crippen molar-refractivity contribution in [2.75, 3.05) is 0 Å². The number of hydrogen-bond acceptors (Lipinski definition) is 5. The lowest BCUT2D eigenvalue weighted by Crippen LogP contribution is -2.23. The Morgan fingerprint density at radius 1 is 1.07 bits per heavy atom. The number of nitrogens with one attached hydrogen (secondary N) is 1. The molecule has 0 aliphatic carbocycles. The molecule has 0 aliphatic heterocycles. The van der Waals surface area contributed by atoms with Gasteiger partial charge in [-0.15, -0.1) is 0 Å². The van der Waals surface area contributed by atoms with Crippen molar-refractivity contribution in [1.29, 1.82) is 0 Å². The van der Waals surface area contributed by atoms with E-state index >= 15 is 0 Å². The third-order valence-corrected chi connectivity index (χ3v) is 4.63. The highest BCUT2D eigenvalue weighted by Gasteiger charge is 2.14. The summed E-state index contributed by atoms with van der Waals surface area (Å²) in [6.45, 7) is 0.289. The largest absolute Gasteiger partial charge is 0.366 e. The second-order valence-electron chi connectivity index (χ2n) is 5.87. The van der Waals surface area contributed by atoms with Crippen LogP contribution in [0, 0.1) is 6.42 Å². The van der Waals surface area contributed by atoms with E-state index in [1.807, 2.05) is 30.3 Å². The molecule has 0 atom stereocenters. The van der Waals surface area contributed by atoms with Crippen molar-refractivity contribution >= 4 is 23.3 Å². The van der Waals surface area contributed by atoms with Crippen molar-refractivity contribution in [3.05, 3.63) is 77.2 Å². The molecule has 2 aromatic carbocycles. The van der Waals surface area contributed by atoms with Crippen LogP contribution < -0.4 is 11.1 Å². The Bertz CT molecular complexity index is 924. The Hall–Kier alpha value is -3.06. The van der Waals surface area contributed by atoms with E-state index in [0.717, 1.165) is 6.42 Å². The molecule has 1 aromatic heterocycles. The summed E-state index contributed by atoms with van der Waals surface area (Å²) in [5.74, 6) is -0.227. The van der Waals surface area contributed by atoms with E-state index in [-0.39, 0.29) is 12.5 Å². The molecule has 3 aromatic rings. The van der Waals surface area contributed by atoms with E-state index in [1.54, 1.807) is 30.7 Å². The van der Waals surface area contributed by atoms with Crippen molar-refractivity contribution in [2.24, 2.45) is 5.73 Å². The van der Waals surface area contributed by atoms with Gasteiger partial charge in [0, 0.05) is 12.0 Å². The minimum absolute atomic E-state index is 0.139. The maximum Gasteiger partial charge on any atom is 0.249 e. The fraction of sp³-hybridized carbons (Fsp3) is 0.150. The van der Waals surface area contributed by atoms with Crippen LogP contribution in [0.5, 0.6) is 0 Å². The predicted octanol–water partition coefficient (Wildman–Crippen LogP) is 2.76. The van der Waals surface area contributed by atoms with Gasteiger partial charge in [-0.05, 0) is 36.0 Å². The average molecular weight is 379 g/mol. The normalized spacial score (nSPS) is 10.5. The SMILES string of the molecule is NC(=O)c1ccccc1-c1nsc(CNC(=O)[CH]CCc2ccccc2)n1. The number of nitrogens with zero attached hydrogens (tertiary/aromatic N) is 2. The van der Waals surface area contributed by atoms with E-state index in [1.165, 1.54) is 17.1 Å². The molecule has 27 heavy (non-hydrogen) atoms. The third kappa shape index (κ3) is 5.21. The number of carbonyl (C=O) groups is 2. The Balaban J connectivity index is 1.51. The molecule has 2 amide bonds. The monoisotopic (exact) mass is 379 g/mol. The molecule has 3 N–H and O–H groups in total. The van der Waals surface area contributed by atoms with Gasteiger partial charge in [0.1, 0.15) is 5.01 Å². The fourth-order valence-electron chi connectivity index (χ4n) is 2.58. The first-order chi connectivity index (χ1) is 13.1. The number of aryl methyl sites for hydroxylation is 1. The fourth-order valence-corrected chi connectivity index (χ4v) is 3.17. The summed E-state index contributed by atoms with van der Waals surface area (Å²) in [4.78, 5) is 27.9. The number of hydrogen-bond donors (Lipinski definition) is 2. The van der Waals surface area contributed by atoms with E-state index in [2.05, 4.69) is 14.7 Å². The molecule has 0 saturated heterocycles. The summed E-state index contributed by atoms with van der Waals surface area (Å²) in [6.07, 6.45) is 3.13. The molecule has 0 bridgehead atoms. The lowest BCUT2D eigenvalue weighted by atomic mass is 10.1. The zero-order valence-corrected chi connectivity index (χ0v) is 15.4. The van der Waals surface area contributed by atoms with Crippen LogP contribution >= 0.6 is 11.5 Å². The highest BCUT2D eigenvalue weighted by Crippen LogP contribution is 2.22. The van der Waals surface area contributed by atoms with Crippen LogP contribution in [0.25, 0.3) is 11.4 Å². The Kier molecular flexibility index (Phi) is 6.27. The quantitative estimate of drug-likeness (QED) is 0.629. The van der Waals surface area contributed by atoms with Crippen LogP contribution in [0.1, 0.15) is 27.3 Å². The molecule has 7 heteroatoms. The van der Waals surface area contributed by atoms with Crippen LogP contribution in [0.15, 0.2) is 54.6 Å². The predicted molar refractivity (Wildman–Crippen MR) is 105 cm³/mol. The van der Waals surface area contributed by atoms with Gasteiger partial charge >= 0.3 is 0 Å². The summed E-state index contributed by atoms with van der Waals surface area (Å²) < 4.78 is 4.27. The standard InChI is InChI=1S/C20H19N4O2S/c21-19(26)15-10-4-5-11-16(15)20-23-18(27-24-20)13-22-17(25)12-6-9-14-7-2-1-3-8-14/h1-5,7-8,10-12H,6,9,13H2,(H2,21,26)(H,22,25). The second kappa shape index (κ2) is 9.05. The molecule has 1 heterocycles. The zero-order valence-electron chi connectivity index (χ0n) is 14.6. The van der Waals surface area contributed by atoms with Gasteiger partial charge in [-0.2, -0.15) is 4.37 Å². The highest BCUT2D eigenvalue weighted by molar-refractivity contribution is 7.05. The summed E-state index contributed by atoms with van der Waals surface area (Å²) in [6, 6.07) is 16.9. The van der Waals surface area contributed by atoms with Gasteiger partial charge in [0.15, 0.2) is 5.82 Å². The van der Waals surface area contributed by atoms with Crippen LogP contribution in [-0.2, 0) is 17.8 Å². The van der Waals surface area contributed by atoms with Gasteiger partial charge < -0.3 is 11.1 Å². The summed E-state index contributed by atoms with van der Waals surface area (Å²) >= 11 is 1.19. The first-order valence-corrected chi connectivity index (χ1v) is 9.27.